The number of para-hydroxylation sites is 1. The van der Waals surface area contributed by atoms with Gasteiger partial charge in [-0.25, -0.2) is 4.98 Å². The number of carbonyl (C=O) groups is 2. The fourth-order valence-electron chi connectivity index (χ4n) is 4.51. The van der Waals surface area contributed by atoms with Crippen molar-refractivity contribution in [1.82, 2.24) is 19.7 Å². The second kappa shape index (κ2) is 8.48. The van der Waals surface area contributed by atoms with Crippen LogP contribution in [0.4, 0.5) is 0 Å². The molecule has 0 N–H and O–H groups in total. The van der Waals surface area contributed by atoms with Crippen molar-refractivity contribution < 1.29 is 14.3 Å². The average Bonchev–Trinajstić information content (AvgIpc) is 3.36. The number of hydrogen-bond acceptors (Lipinski definition) is 7. The number of nitrogens with zero attached hydrogens (tertiary/aromatic N) is 4. The molecule has 0 aliphatic carbocycles. The van der Waals surface area contributed by atoms with Gasteiger partial charge < -0.3 is 14.5 Å². The van der Waals surface area contributed by atoms with Gasteiger partial charge in [0, 0.05) is 50.7 Å². The number of likely N-dealkylation sites (tertiary alicyclic amines) is 1. The van der Waals surface area contributed by atoms with Crippen LogP contribution in [0.25, 0.3) is 0 Å². The molecular weight excluding hydrogens is 456 g/mol. The Hall–Kier alpha value is -2.88. The average molecular weight is 479 g/mol. The van der Waals surface area contributed by atoms with Gasteiger partial charge in [0.05, 0.1) is 20.9 Å². The minimum atomic E-state index is 0.0106. The first-order chi connectivity index (χ1) is 16.2. The first-order valence-corrected chi connectivity index (χ1v) is 12.7. The van der Waals surface area contributed by atoms with E-state index in [4.69, 9.17) is 4.74 Å². The van der Waals surface area contributed by atoms with Crippen LogP contribution in [0.15, 0.2) is 63.1 Å². The summed E-state index contributed by atoms with van der Waals surface area (Å²) >= 11 is 3.04. The van der Waals surface area contributed by atoms with Crippen molar-refractivity contribution in [2.45, 2.75) is 15.8 Å². The Morgan fingerprint density at radius 2 is 1.70 bits per heavy atom. The van der Waals surface area contributed by atoms with Crippen molar-refractivity contribution in [1.29, 1.82) is 0 Å². The lowest BCUT2D eigenvalue weighted by atomic mass is 10.0. The molecule has 3 aromatic rings. The lowest BCUT2D eigenvalue weighted by Crippen LogP contribution is -2.64. The first kappa shape index (κ1) is 20.7. The molecule has 2 aromatic carbocycles. The highest BCUT2D eigenvalue weighted by atomic mass is 32.2. The van der Waals surface area contributed by atoms with Crippen LogP contribution in [0.1, 0.15) is 20.8 Å². The third kappa shape index (κ3) is 3.80. The molecule has 2 fully saturated rings. The summed E-state index contributed by atoms with van der Waals surface area (Å²) in [4.78, 5) is 38.0. The Labute approximate surface area is 200 Å². The Bertz CT molecular complexity index is 1200. The van der Waals surface area contributed by atoms with Gasteiger partial charge in [0.25, 0.3) is 11.8 Å². The van der Waals surface area contributed by atoms with E-state index in [1.807, 2.05) is 52.3 Å². The molecular formula is C24H22N4O3S2. The SMILES string of the molecule is O=C(c1cscn1)N1CCN(C2CN(C(=O)c3cccc4c3Sc3ccccc3O4)C2)CC1. The van der Waals surface area contributed by atoms with Crippen LogP contribution < -0.4 is 4.74 Å². The molecule has 0 radical (unpaired) electrons. The molecule has 0 bridgehead atoms. The number of piperazine rings is 1. The highest BCUT2D eigenvalue weighted by Crippen LogP contribution is 2.48. The summed E-state index contributed by atoms with van der Waals surface area (Å²) in [6.07, 6.45) is 0. The van der Waals surface area contributed by atoms with Crippen LogP contribution in [-0.4, -0.2) is 76.8 Å². The van der Waals surface area contributed by atoms with Crippen LogP contribution in [-0.2, 0) is 0 Å². The minimum absolute atomic E-state index is 0.0106. The molecule has 7 nitrogen and oxygen atoms in total. The van der Waals surface area contributed by atoms with Crippen molar-refractivity contribution in [2.75, 3.05) is 39.3 Å². The van der Waals surface area contributed by atoms with Gasteiger partial charge in [0.1, 0.15) is 17.2 Å². The number of carbonyl (C=O) groups excluding carboxylic acids is 2. The van der Waals surface area contributed by atoms with E-state index in [0.29, 0.717) is 43.5 Å². The van der Waals surface area contributed by atoms with Gasteiger partial charge in [-0.3, -0.25) is 14.5 Å². The predicted molar refractivity (Wildman–Crippen MR) is 126 cm³/mol. The number of thiazole rings is 1. The lowest BCUT2D eigenvalue weighted by molar-refractivity contribution is 0.00823. The highest BCUT2D eigenvalue weighted by molar-refractivity contribution is 7.99. The van der Waals surface area contributed by atoms with Crippen LogP contribution in [0.3, 0.4) is 0 Å². The lowest BCUT2D eigenvalue weighted by Gasteiger charge is -2.48. The Balaban J connectivity index is 1.07. The van der Waals surface area contributed by atoms with E-state index in [2.05, 4.69) is 9.88 Å². The van der Waals surface area contributed by atoms with E-state index < -0.39 is 0 Å². The second-order valence-electron chi connectivity index (χ2n) is 8.35. The molecule has 0 spiro atoms. The number of rotatable bonds is 3. The predicted octanol–water partition coefficient (Wildman–Crippen LogP) is 3.68. The van der Waals surface area contributed by atoms with E-state index in [-0.39, 0.29) is 11.8 Å². The number of hydrogen-bond donors (Lipinski definition) is 0. The van der Waals surface area contributed by atoms with Crippen LogP contribution in [0.2, 0.25) is 0 Å². The third-order valence-corrected chi connectivity index (χ3v) is 8.18. The minimum Gasteiger partial charge on any atom is -0.455 e. The molecule has 0 unspecified atom stereocenters. The number of amides is 2. The van der Waals surface area contributed by atoms with Gasteiger partial charge in [0.2, 0.25) is 0 Å². The molecule has 3 aliphatic heterocycles. The largest absolute Gasteiger partial charge is 0.455 e. The monoisotopic (exact) mass is 478 g/mol. The Morgan fingerprint density at radius 3 is 2.48 bits per heavy atom. The summed E-state index contributed by atoms with van der Waals surface area (Å²) in [6, 6.07) is 13.9. The Kier molecular flexibility index (Phi) is 5.32. The second-order valence-corrected chi connectivity index (χ2v) is 10.1. The molecule has 0 atom stereocenters. The molecule has 33 heavy (non-hydrogen) atoms. The van der Waals surface area contributed by atoms with Crippen LogP contribution in [0, 0.1) is 0 Å². The molecule has 3 aliphatic rings. The maximum Gasteiger partial charge on any atom is 0.273 e. The normalized spacial score (nSPS) is 18.2. The van der Waals surface area contributed by atoms with E-state index in [0.717, 1.165) is 34.4 Å². The fraction of sp³-hybridized carbons (Fsp3) is 0.292. The van der Waals surface area contributed by atoms with Gasteiger partial charge in [-0.2, -0.15) is 0 Å². The van der Waals surface area contributed by atoms with E-state index in [9.17, 15) is 9.59 Å². The molecule has 168 valence electrons. The fourth-order valence-corrected chi connectivity index (χ4v) is 6.09. The van der Waals surface area contributed by atoms with Crippen LogP contribution in [0.5, 0.6) is 11.5 Å². The third-order valence-electron chi connectivity index (χ3n) is 6.41. The van der Waals surface area contributed by atoms with Crippen LogP contribution >= 0.6 is 23.1 Å². The van der Waals surface area contributed by atoms with Gasteiger partial charge >= 0.3 is 0 Å². The molecule has 2 amide bonds. The summed E-state index contributed by atoms with van der Waals surface area (Å²) < 4.78 is 6.04. The van der Waals surface area contributed by atoms with E-state index in [1.165, 1.54) is 11.3 Å². The molecule has 4 heterocycles. The van der Waals surface area contributed by atoms with Gasteiger partial charge in [-0.05, 0) is 24.3 Å². The zero-order chi connectivity index (χ0) is 22.4. The van der Waals surface area contributed by atoms with Gasteiger partial charge in [-0.15, -0.1) is 11.3 Å². The highest BCUT2D eigenvalue weighted by Gasteiger charge is 2.38. The summed E-state index contributed by atoms with van der Waals surface area (Å²) in [5.74, 6) is 1.63. The quantitative estimate of drug-likeness (QED) is 0.448. The Morgan fingerprint density at radius 1 is 0.909 bits per heavy atom. The summed E-state index contributed by atoms with van der Waals surface area (Å²) in [6.45, 7) is 4.46. The first-order valence-electron chi connectivity index (χ1n) is 11.0. The number of benzene rings is 2. The zero-order valence-corrected chi connectivity index (χ0v) is 19.5. The zero-order valence-electron chi connectivity index (χ0n) is 17.8. The molecule has 9 heteroatoms. The van der Waals surface area contributed by atoms with Gasteiger partial charge in [0.15, 0.2) is 0 Å². The molecule has 2 saturated heterocycles. The van der Waals surface area contributed by atoms with Crippen molar-refractivity contribution in [3.63, 3.8) is 0 Å². The summed E-state index contributed by atoms with van der Waals surface area (Å²) in [7, 11) is 0. The molecule has 6 rings (SSSR count). The van der Waals surface area contributed by atoms with Crippen molar-refractivity contribution in [2.24, 2.45) is 0 Å². The van der Waals surface area contributed by atoms with Gasteiger partial charge in [-0.1, -0.05) is 30.0 Å². The summed E-state index contributed by atoms with van der Waals surface area (Å²) in [5.41, 5.74) is 2.92. The maximum atomic E-state index is 13.3. The van der Waals surface area contributed by atoms with Crippen molar-refractivity contribution in [3.05, 3.63) is 64.6 Å². The topological polar surface area (TPSA) is 66.0 Å². The maximum absolute atomic E-state index is 13.3. The number of ether oxygens (including phenoxy) is 1. The molecule has 1 aromatic heterocycles. The van der Waals surface area contributed by atoms with E-state index >= 15 is 0 Å². The van der Waals surface area contributed by atoms with E-state index in [1.54, 1.807) is 22.7 Å². The number of fused-ring (bicyclic) bond motifs is 2. The summed E-state index contributed by atoms with van der Waals surface area (Å²) in [5, 5.41) is 1.80. The number of aromatic nitrogens is 1. The van der Waals surface area contributed by atoms with Crippen molar-refractivity contribution >= 4 is 34.9 Å². The standard InChI is InChI=1S/C24H22N4O3S2/c29-23(17-4-3-6-20-22(17)33-21-7-2-1-5-19(21)31-20)28-12-16(13-28)26-8-10-27(11-9-26)24(30)18-14-32-15-25-18/h1-7,14-16H,8-13H2. The van der Waals surface area contributed by atoms with Crippen molar-refractivity contribution in [3.8, 4) is 11.5 Å². The smallest absolute Gasteiger partial charge is 0.273 e. The molecule has 0 saturated carbocycles.